The van der Waals surface area contributed by atoms with Gasteiger partial charge in [0.2, 0.25) is 0 Å². The van der Waals surface area contributed by atoms with Gasteiger partial charge in [-0.1, -0.05) is 26.7 Å². The first-order valence-electron chi connectivity index (χ1n) is 7.14. The molecule has 0 saturated heterocycles. The van der Waals surface area contributed by atoms with Crippen LogP contribution in [0.3, 0.4) is 0 Å². The van der Waals surface area contributed by atoms with Crippen LogP contribution in [0.2, 0.25) is 0 Å². The number of rotatable bonds is 7. The number of carboxylic acids is 1. The summed E-state index contributed by atoms with van der Waals surface area (Å²) in [6.07, 6.45) is -0.175. The van der Waals surface area contributed by atoms with Crippen molar-refractivity contribution in [3.63, 3.8) is 0 Å². The molecule has 0 atom stereocenters. The van der Waals surface area contributed by atoms with Crippen LogP contribution >= 0.6 is 0 Å². The third kappa shape index (κ3) is 31.2. The number of alkyl halides is 3. The Balaban J connectivity index is -0.000000252. The lowest BCUT2D eigenvalue weighted by atomic mass is 10.3. The van der Waals surface area contributed by atoms with Gasteiger partial charge >= 0.3 is 18.1 Å². The first kappa shape index (κ1) is 25.6. The molecule has 0 heterocycles. The zero-order valence-corrected chi connectivity index (χ0v) is 13.7. The van der Waals surface area contributed by atoms with Crippen molar-refractivity contribution >= 4 is 11.9 Å². The Kier molecular flexibility index (Phi) is 20.7. The molecule has 0 amide bonds. The van der Waals surface area contributed by atoms with Crippen molar-refractivity contribution in [3.05, 3.63) is 0 Å². The quantitative estimate of drug-likeness (QED) is 0.567. The summed E-state index contributed by atoms with van der Waals surface area (Å²) in [5, 5.41) is 7.12. The van der Waals surface area contributed by atoms with Crippen LogP contribution in [0, 0.1) is 0 Å². The van der Waals surface area contributed by atoms with Gasteiger partial charge in [0.1, 0.15) is 0 Å². The largest absolute Gasteiger partial charge is 0.490 e. The predicted octanol–water partition coefficient (Wildman–Crippen LogP) is 3.81. The highest BCUT2D eigenvalue weighted by Gasteiger charge is 2.38. The molecule has 0 bridgehead atoms. The molecule has 0 unspecified atom stereocenters. The molecular formula is C14H27F3O5. The molecule has 0 radical (unpaired) electrons. The molecule has 0 spiro atoms. The molecule has 134 valence electrons. The van der Waals surface area contributed by atoms with E-state index in [2.05, 4.69) is 18.6 Å². The molecule has 0 rings (SSSR count). The highest BCUT2D eigenvalue weighted by molar-refractivity contribution is 5.73. The molecule has 0 aromatic rings. The summed E-state index contributed by atoms with van der Waals surface area (Å²) in [7, 11) is 0. The monoisotopic (exact) mass is 332 g/mol. The van der Waals surface area contributed by atoms with Crippen LogP contribution in [0.15, 0.2) is 0 Å². The molecule has 5 nitrogen and oxygen atoms in total. The van der Waals surface area contributed by atoms with E-state index in [4.69, 9.17) is 14.6 Å². The fourth-order valence-corrected chi connectivity index (χ4v) is 0.798. The first-order chi connectivity index (χ1) is 10.1. The topological polar surface area (TPSA) is 72.8 Å². The van der Waals surface area contributed by atoms with Gasteiger partial charge in [0.15, 0.2) is 0 Å². The average Bonchev–Trinajstić information content (AvgIpc) is 2.39. The number of carbonyl (C=O) groups excluding carboxylic acids is 1. The molecule has 0 aromatic carbocycles. The summed E-state index contributed by atoms with van der Waals surface area (Å²) in [5.41, 5.74) is 0. The van der Waals surface area contributed by atoms with Crippen molar-refractivity contribution in [1.29, 1.82) is 0 Å². The second-order valence-corrected chi connectivity index (χ2v) is 4.05. The van der Waals surface area contributed by atoms with Crippen molar-refractivity contribution < 1.29 is 37.3 Å². The van der Waals surface area contributed by atoms with Gasteiger partial charge in [-0.15, -0.1) is 0 Å². The van der Waals surface area contributed by atoms with Gasteiger partial charge in [-0.05, 0) is 19.8 Å². The minimum atomic E-state index is -5.08. The number of hydrogen-bond donors (Lipinski definition) is 1. The summed E-state index contributed by atoms with van der Waals surface area (Å²) in [6.45, 7) is 9.93. The van der Waals surface area contributed by atoms with E-state index in [9.17, 15) is 18.0 Å². The maximum atomic E-state index is 10.6. The molecule has 0 aliphatic rings. The Morgan fingerprint density at radius 1 is 1.00 bits per heavy atom. The molecule has 22 heavy (non-hydrogen) atoms. The van der Waals surface area contributed by atoms with Crippen LogP contribution in [0.4, 0.5) is 13.2 Å². The van der Waals surface area contributed by atoms with Crippen molar-refractivity contribution in [2.75, 3.05) is 19.8 Å². The predicted molar refractivity (Wildman–Crippen MR) is 76.6 cm³/mol. The second-order valence-electron chi connectivity index (χ2n) is 4.05. The highest BCUT2D eigenvalue weighted by atomic mass is 19.4. The van der Waals surface area contributed by atoms with E-state index in [0.717, 1.165) is 13.2 Å². The summed E-state index contributed by atoms with van der Waals surface area (Å²) in [4.78, 5) is 18.7. The number of halogens is 3. The zero-order chi connectivity index (χ0) is 18.0. The average molecular weight is 332 g/mol. The van der Waals surface area contributed by atoms with Crippen LogP contribution in [-0.4, -0.2) is 43.0 Å². The van der Waals surface area contributed by atoms with Crippen LogP contribution in [0.1, 0.15) is 53.4 Å². The number of aliphatic carboxylic acids is 1. The Morgan fingerprint density at radius 2 is 1.36 bits per heavy atom. The molecule has 8 heteroatoms. The Labute approximate surface area is 129 Å². The number of esters is 1. The van der Waals surface area contributed by atoms with E-state index < -0.39 is 12.1 Å². The number of hydrogen-bond acceptors (Lipinski definition) is 4. The molecule has 0 aliphatic carbocycles. The molecule has 0 saturated carbocycles. The maximum absolute atomic E-state index is 10.6. The third-order valence-electron chi connectivity index (χ3n) is 1.87. The van der Waals surface area contributed by atoms with E-state index in [-0.39, 0.29) is 5.97 Å². The van der Waals surface area contributed by atoms with Gasteiger partial charge in [0.25, 0.3) is 0 Å². The van der Waals surface area contributed by atoms with E-state index >= 15 is 0 Å². The van der Waals surface area contributed by atoms with Crippen molar-refractivity contribution in [3.8, 4) is 0 Å². The van der Waals surface area contributed by atoms with Gasteiger partial charge in [-0.3, -0.25) is 4.79 Å². The molecule has 0 fully saturated rings. The van der Waals surface area contributed by atoms with Crippen LogP contribution in [-0.2, 0) is 19.1 Å². The lowest BCUT2D eigenvalue weighted by molar-refractivity contribution is -0.192. The maximum Gasteiger partial charge on any atom is 0.490 e. The van der Waals surface area contributed by atoms with E-state index in [1.54, 1.807) is 6.92 Å². The Morgan fingerprint density at radius 3 is 1.50 bits per heavy atom. The van der Waals surface area contributed by atoms with Gasteiger partial charge in [0.05, 0.1) is 6.61 Å². The molecular weight excluding hydrogens is 305 g/mol. The Hall–Kier alpha value is -1.31. The first-order valence-corrected chi connectivity index (χ1v) is 7.14. The number of carboxylic acid groups (broad SMARTS) is 1. The van der Waals surface area contributed by atoms with E-state index in [1.165, 1.54) is 32.6 Å². The minimum Gasteiger partial charge on any atom is -0.475 e. The molecule has 0 aromatic heterocycles. The SMILES string of the molecule is CCCCOCCCC.CCOC(C)=O.O=C(O)C(F)(F)F. The number of ether oxygens (including phenoxy) is 2. The fourth-order valence-electron chi connectivity index (χ4n) is 0.798. The molecule has 1 N–H and O–H groups in total. The zero-order valence-electron chi connectivity index (χ0n) is 13.7. The third-order valence-corrected chi connectivity index (χ3v) is 1.87. The molecule has 0 aliphatic heterocycles. The summed E-state index contributed by atoms with van der Waals surface area (Å²) in [6, 6.07) is 0. The van der Waals surface area contributed by atoms with Crippen LogP contribution in [0.25, 0.3) is 0 Å². The lowest BCUT2D eigenvalue weighted by Gasteiger charge is -1.99. The summed E-state index contributed by atoms with van der Waals surface area (Å²) < 4.78 is 41.5. The minimum absolute atomic E-state index is 0.211. The van der Waals surface area contributed by atoms with E-state index in [0.29, 0.717) is 6.61 Å². The highest BCUT2D eigenvalue weighted by Crippen LogP contribution is 2.13. The van der Waals surface area contributed by atoms with E-state index in [1.807, 2.05) is 0 Å². The summed E-state index contributed by atoms with van der Waals surface area (Å²) in [5.74, 6) is -2.97. The lowest BCUT2D eigenvalue weighted by Crippen LogP contribution is -2.21. The summed E-state index contributed by atoms with van der Waals surface area (Å²) >= 11 is 0. The van der Waals surface area contributed by atoms with Crippen molar-refractivity contribution in [1.82, 2.24) is 0 Å². The van der Waals surface area contributed by atoms with Gasteiger partial charge < -0.3 is 14.6 Å². The van der Waals surface area contributed by atoms with Gasteiger partial charge in [0, 0.05) is 20.1 Å². The van der Waals surface area contributed by atoms with Gasteiger partial charge in [-0.25, -0.2) is 4.79 Å². The normalized spacial score (nSPS) is 9.77. The Bertz CT molecular complexity index is 262. The van der Waals surface area contributed by atoms with Crippen molar-refractivity contribution in [2.24, 2.45) is 0 Å². The number of carbonyl (C=O) groups is 2. The van der Waals surface area contributed by atoms with Gasteiger partial charge in [-0.2, -0.15) is 13.2 Å². The smallest absolute Gasteiger partial charge is 0.475 e. The number of unbranched alkanes of at least 4 members (excludes halogenated alkanes) is 2. The van der Waals surface area contributed by atoms with Crippen LogP contribution < -0.4 is 0 Å². The van der Waals surface area contributed by atoms with Crippen molar-refractivity contribution in [2.45, 2.75) is 59.6 Å². The van der Waals surface area contributed by atoms with Crippen LogP contribution in [0.5, 0.6) is 0 Å². The standard InChI is InChI=1S/C8H18O.C4H8O2.C2HF3O2/c1-3-5-7-9-8-6-4-2;1-3-6-4(2)5;3-2(4,5)1(6)7/h3-8H2,1-2H3;3H2,1-2H3;(H,6,7). The fraction of sp³-hybridized carbons (Fsp3) is 0.857. The second kappa shape index (κ2) is 17.7.